The Hall–Kier alpha value is -5.30. The lowest BCUT2D eigenvalue weighted by molar-refractivity contribution is 0.0940. The van der Waals surface area contributed by atoms with Crippen molar-refractivity contribution in [1.29, 1.82) is 5.26 Å². The monoisotopic (exact) mass is 534 g/mol. The second-order valence-corrected chi connectivity index (χ2v) is 9.58. The molecule has 0 saturated heterocycles. The molecule has 4 N–H and O–H groups in total. The van der Waals surface area contributed by atoms with Gasteiger partial charge in [-0.3, -0.25) is 4.79 Å². The number of aromatic nitrogens is 4. The molecule has 0 aliphatic carbocycles. The Kier molecular flexibility index (Phi) is 7.12. The Bertz CT molecular complexity index is 1740. The number of pyridine rings is 1. The number of carbonyl (C=O) groups excluding carboxylic acids is 1. The highest BCUT2D eigenvalue weighted by Gasteiger charge is 2.19. The topological polar surface area (TPSA) is 135 Å². The Morgan fingerprint density at radius 2 is 1.70 bits per heavy atom. The second-order valence-electron chi connectivity index (χ2n) is 9.58. The molecule has 0 bridgehead atoms. The largest absolute Gasteiger partial charge is 0.383 e. The van der Waals surface area contributed by atoms with E-state index in [9.17, 15) is 14.4 Å². The number of nitrogens with two attached hydrogens (primary N) is 1. The van der Waals surface area contributed by atoms with E-state index in [1.165, 1.54) is 30.7 Å². The van der Waals surface area contributed by atoms with Crippen LogP contribution in [0.15, 0.2) is 73.3 Å². The van der Waals surface area contributed by atoms with Crippen molar-refractivity contribution in [2.75, 3.05) is 11.1 Å². The lowest BCUT2D eigenvalue weighted by atomic mass is 10.0. The molecule has 9 nitrogen and oxygen atoms in total. The van der Waals surface area contributed by atoms with Crippen molar-refractivity contribution in [3.63, 3.8) is 0 Å². The minimum absolute atomic E-state index is 0.212. The molecule has 0 aliphatic rings. The van der Waals surface area contributed by atoms with Gasteiger partial charge in [-0.15, -0.1) is 0 Å². The van der Waals surface area contributed by atoms with Crippen molar-refractivity contribution in [3.8, 4) is 17.2 Å². The number of hydrogen-bond donors (Lipinski definition) is 3. The molecule has 3 aromatic heterocycles. The summed E-state index contributed by atoms with van der Waals surface area (Å²) in [4.78, 5) is 26.1. The molecule has 0 saturated carbocycles. The smallest absolute Gasteiger partial charge is 0.255 e. The van der Waals surface area contributed by atoms with Gasteiger partial charge >= 0.3 is 0 Å². The number of halogens is 1. The van der Waals surface area contributed by atoms with Gasteiger partial charge in [-0.25, -0.2) is 19.3 Å². The average Bonchev–Trinajstić information content (AvgIpc) is 3.31. The average molecular weight is 535 g/mol. The fourth-order valence-corrected chi connectivity index (χ4v) is 4.62. The summed E-state index contributed by atoms with van der Waals surface area (Å²) in [5.74, 6) is 0.0173. The normalized spacial score (nSPS) is 12.5. The van der Waals surface area contributed by atoms with Crippen LogP contribution in [0.5, 0.6) is 0 Å². The zero-order chi connectivity index (χ0) is 28.4. The van der Waals surface area contributed by atoms with Crippen molar-refractivity contribution in [2.45, 2.75) is 25.9 Å². The number of anilines is 2. The van der Waals surface area contributed by atoms with E-state index in [0.717, 1.165) is 33.3 Å². The zero-order valence-electron chi connectivity index (χ0n) is 22.2. The lowest BCUT2D eigenvalue weighted by Gasteiger charge is -2.19. The Labute approximate surface area is 230 Å². The number of fused-ring (bicyclic) bond motifs is 1. The van der Waals surface area contributed by atoms with Gasteiger partial charge in [0.25, 0.3) is 5.91 Å². The molecule has 200 valence electrons. The van der Waals surface area contributed by atoms with E-state index in [0.29, 0.717) is 11.6 Å². The van der Waals surface area contributed by atoms with E-state index in [2.05, 4.69) is 25.6 Å². The van der Waals surface area contributed by atoms with E-state index >= 15 is 0 Å². The van der Waals surface area contributed by atoms with Crippen LogP contribution in [0.25, 0.3) is 22.2 Å². The highest BCUT2D eigenvalue weighted by atomic mass is 19.1. The quantitative estimate of drug-likeness (QED) is 0.258. The molecule has 5 rings (SSSR count). The number of carbonyl (C=O) groups is 1. The number of nitrogens with zero attached hydrogens (tertiary/aromatic N) is 5. The van der Waals surface area contributed by atoms with Crippen LogP contribution in [-0.2, 0) is 7.05 Å². The highest BCUT2D eigenvalue weighted by Crippen LogP contribution is 2.33. The van der Waals surface area contributed by atoms with Gasteiger partial charge in [0.05, 0.1) is 22.6 Å². The second kappa shape index (κ2) is 10.8. The van der Waals surface area contributed by atoms with Crippen molar-refractivity contribution in [2.24, 2.45) is 7.05 Å². The van der Waals surface area contributed by atoms with Crippen LogP contribution >= 0.6 is 0 Å². The summed E-state index contributed by atoms with van der Waals surface area (Å²) >= 11 is 0. The molecular formula is C30H27FN8O. The number of benzene rings is 2. The number of nitriles is 1. The molecule has 0 radical (unpaired) electrons. The van der Waals surface area contributed by atoms with E-state index < -0.39 is 5.91 Å². The minimum Gasteiger partial charge on any atom is -0.383 e. The van der Waals surface area contributed by atoms with Gasteiger partial charge in [0, 0.05) is 31.0 Å². The third-order valence-corrected chi connectivity index (χ3v) is 6.84. The van der Waals surface area contributed by atoms with Gasteiger partial charge < -0.3 is 20.9 Å². The Balaban J connectivity index is 1.37. The van der Waals surface area contributed by atoms with E-state index in [1.54, 1.807) is 19.1 Å². The highest BCUT2D eigenvalue weighted by molar-refractivity contribution is 6.01. The van der Waals surface area contributed by atoms with Gasteiger partial charge in [0.15, 0.2) is 0 Å². The number of nitrogen functional groups attached to an aromatic ring is 1. The van der Waals surface area contributed by atoms with Crippen LogP contribution in [0.1, 0.15) is 53.0 Å². The molecule has 2 unspecified atom stereocenters. The molecule has 5 aromatic rings. The van der Waals surface area contributed by atoms with Crippen LogP contribution in [0.4, 0.5) is 16.0 Å². The molecular weight excluding hydrogens is 507 g/mol. The first-order valence-electron chi connectivity index (χ1n) is 12.6. The molecule has 0 fully saturated rings. The fourth-order valence-electron chi connectivity index (χ4n) is 4.62. The number of hydrogen-bond acceptors (Lipinski definition) is 7. The minimum atomic E-state index is -0.401. The summed E-state index contributed by atoms with van der Waals surface area (Å²) in [5.41, 5.74) is 11.0. The summed E-state index contributed by atoms with van der Waals surface area (Å²) < 4.78 is 15.2. The van der Waals surface area contributed by atoms with E-state index in [-0.39, 0.29) is 29.0 Å². The molecule has 3 heterocycles. The number of nitrogens with one attached hydrogen (secondary N) is 2. The Morgan fingerprint density at radius 1 is 1.02 bits per heavy atom. The fraction of sp³-hybridized carbons (Fsp3) is 0.167. The third kappa shape index (κ3) is 5.17. The maximum atomic E-state index is 13.3. The van der Waals surface area contributed by atoms with Crippen LogP contribution in [-0.4, -0.2) is 25.4 Å². The summed E-state index contributed by atoms with van der Waals surface area (Å²) in [5, 5.41) is 16.4. The van der Waals surface area contributed by atoms with Crippen molar-refractivity contribution in [1.82, 2.24) is 24.8 Å². The van der Waals surface area contributed by atoms with Crippen LogP contribution in [0.3, 0.4) is 0 Å². The van der Waals surface area contributed by atoms with Crippen LogP contribution < -0.4 is 16.4 Å². The first kappa shape index (κ1) is 26.3. The number of amides is 1. The first-order chi connectivity index (χ1) is 19.2. The van der Waals surface area contributed by atoms with Gasteiger partial charge in [-0.1, -0.05) is 36.4 Å². The first-order valence-corrected chi connectivity index (χ1v) is 12.6. The molecule has 40 heavy (non-hydrogen) atoms. The number of aryl methyl sites for hydroxylation is 1. The molecule has 2 aromatic carbocycles. The molecule has 0 spiro atoms. The molecule has 2 atom stereocenters. The van der Waals surface area contributed by atoms with Gasteiger partial charge in [0.1, 0.15) is 35.5 Å². The van der Waals surface area contributed by atoms with E-state index in [4.69, 9.17) is 5.73 Å². The lowest BCUT2D eigenvalue weighted by Crippen LogP contribution is -2.28. The predicted molar refractivity (Wildman–Crippen MR) is 152 cm³/mol. The third-order valence-electron chi connectivity index (χ3n) is 6.84. The molecule has 10 heteroatoms. The Morgan fingerprint density at radius 3 is 2.40 bits per heavy atom. The van der Waals surface area contributed by atoms with Crippen molar-refractivity contribution < 1.29 is 9.18 Å². The maximum absolute atomic E-state index is 13.3. The molecule has 0 aliphatic heterocycles. The predicted octanol–water partition coefficient (Wildman–Crippen LogP) is 5.29. The van der Waals surface area contributed by atoms with E-state index in [1.807, 2.05) is 55.1 Å². The van der Waals surface area contributed by atoms with Gasteiger partial charge in [0.2, 0.25) is 0 Å². The summed E-state index contributed by atoms with van der Waals surface area (Å²) in [7, 11) is 1.91. The summed E-state index contributed by atoms with van der Waals surface area (Å²) in [6.07, 6.45) is 4.85. The number of rotatable bonds is 7. The van der Waals surface area contributed by atoms with Crippen LogP contribution in [0, 0.1) is 17.1 Å². The van der Waals surface area contributed by atoms with Crippen molar-refractivity contribution >= 4 is 28.6 Å². The standard InChI is InChI=1S/C30H27FN8O/c1-17(20-4-6-22(7-5-20)25-15-39(3)29-26(25)27(33)35-16-36-29)37-28-24(12-19(13-32)14-34-28)30(40)38-18(2)21-8-10-23(31)11-9-21/h4-12,14-18H,1-3H3,(H,34,37)(H,38,40)(H2,33,35,36). The molecule has 1 amide bonds. The SMILES string of the molecule is CC(NC(=O)c1cc(C#N)cnc1NC(C)c1ccc(-c2cn(C)c3ncnc(N)c23)cc1)c1ccc(F)cc1. The maximum Gasteiger partial charge on any atom is 0.255 e. The zero-order valence-corrected chi connectivity index (χ0v) is 22.2. The van der Waals surface area contributed by atoms with Gasteiger partial charge in [-0.05, 0) is 48.7 Å². The summed E-state index contributed by atoms with van der Waals surface area (Å²) in [6.45, 7) is 3.77. The van der Waals surface area contributed by atoms with Crippen molar-refractivity contribution in [3.05, 3.63) is 101 Å². The van der Waals surface area contributed by atoms with Crippen LogP contribution in [0.2, 0.25) is 0 Å². The summed E-state index contributed by atoms with van der Waals surface area (Å²) in [6, 6.07) is 16.9. The van der Waals surface area contributed by atoms with Gasteiger partial charge in [-0.2, -0.15) is 5.26 Å².